The molecule has 0 unspecified atom stereocenters. The molecule has 0 aliphatic heterocycles. The van der Waals surface area contributed by atoms with E-state index in [9.17, 15) is 0 Å². The number of hydrogen-bond acceptors (Lipinski definition) is 0. The molecule has 0 nitrogen and oxygen atoms in total. The number of rotatable bonds is 1. The molecule has 0 heterocycles. The van der Waals surface area contributed by atoms with Gasteiger partial charge in [0.15, 0.2) is 0 Å². The minimum Gasteiger partial charge on any atom is -0.0953 e. The maximum atomic E-state index is 2.46. The molecule has 0 saturated carbocycles. The highest BCUT2D eigenvalue weighted by Gasteiger charge is 1.81. The van der Waals surface area contributed by atoms with E-state index in [1.807, 2.05) is 6.07 Å². The third kappa shape index (κ3) is 9.71. The highest BCUT2D eigenvalue weighted by Crippen LogP contribution is 2.10. The Morgan fingerprint density at radius 1 is 1.08 bits per heavy atom. The van der Waals surface area contributed by atoms with Gasteiger partial charge in [0, 0.05) is 0 Å². The van der Waals surface area contributed by atoms with Crippen LogP contribution in [0, 0.1) is 0 Å². The van der Waals surface area contributed by atoms with Gasteiger partial charge in [-0.3, -0.25) is 0 Å². The van der Waals surface area contributed by atoms with Gasteiger partial charge in [-0.25, -0.2) is 0 Å². The van der Waals surface area contributed by atoms with Crippen LogP contribution in [0.15, 0.2) is 30.3 Å². The van der Waals surface area contributed by atoms with Gasteiger partial charge in [-0.05, 0) is 12.0 Å². The minimum absolute atomic E-state index is 0.229. The van der Waals surface area contributed by atoms with Crippen molar-refractivity contribution in [2.24, 2.45) is 0 Å². The van der Waals surface area contributed by atoms with E-state index in [-0.39, 0.29) is 1.29 Å². The molecule has 0 aliphatic carbocycles. The van der Waals surface area contributed by atoms with Crippen LogP contribution in [0.4, 0.5) is 0 Å². The van der Waals surface area contributed by atoms with Gasteiger partial charge in [0.25, 0.3) is 0 Å². The molecule has 4 heteroatoms. The van der Waals surface area contributed by atoms with Crippen LogP contribution >= 0.6 is 65.4 Å². The molecule has 1 aromatic carbocycles. The molecular weight excluding hydrogens is 505 g/mol. The molecule has 0 amide bonds. The van der Waals surface area contributed by atoms with Crippen LogP contribution in [0.5, 0.6) is 0 Å². The molecule has 0 bridgehead atoms. The summed E-state index contributed by atoms with van der Waals surface area (Å²) in [5.74, 6) is 0. The molecule has 0 fully saturated rings. The maximum absolute atomic E-state index is 2.46. The lowest BCUT2D eigenvalue weighted by Gasteiger charge is -1.89. The summed E-state index contributed by atoms with van der Waals surface area (Å²) < 4.78 is -0.229. The number of halogens is 3. The lowest BCUT2D eigenvalue weighted by Crippen LogP contribution is -1.73. The second kappa shape index (κ2) is 9.19. The van der Waals surface area contributed by atoms with Crippen molar-refractivity contribution in [3.63, 3.8) is 0 Å². The third-order valence-corrected chi connectivity index (χ3v) is 1.25. The highest BCUT2D eigenvalue weighted by molar-refractivity contribution is 14.4. The number of hydrogen-bond donors (Lipinski definition) is 0. The van der Waals surface area contributed by atoms with Crippen molar-refractivity contribution < 1.29 is 0 Å². The van der Waals surface area contributed by atoms with E-state index in [4.69, 9.17) is 0 Å². The summed E-state index contributed by atoms with van der Waals surface area (Å²) in [5, 5.41) is 0. The quantitative estimate of drug-likeness (QED) is 0.298. The first-order valence-corrected chi connectivity index (χ1v) is 16.1. The molecule has 0 saturated heterocycles. The zero-order valence-corrected chi connectivity index (χ0v) is 14.4. The van der Waals surface area contributed by atoms with Crippen molar-refractivity contribution in [3.8, 4) is 0 Å². The van der Waals surface area contributed by atoms with Gasteiger partial charge in [-0.2, -0.15) is 0 Å². The fraction of sp³-hybridized carbons (Fsp3) is 0.250. The molecule has 0 atom stereocenters. The minimum atomic E-state index is -0.229. The molecule has 0 aliphatic rings. The normalized spacial score (nSPS) is 9.08. The van der Waals surface area contributed by atoms with Crippen molar-refractivity contribution in [1.82, 2.24) is 0 Å². The van der Waals surface area contributed by atoms with E-state index in [1.54, 1.807) is 0 Å². The van der Waals surface area contributed by atoms with E-state index < -0.39 is 0 Å². The molecule has 0 N–H and O–H groups in total. The van der Waals surface area contributed by atoms with Gasteiger partial charge in [-0.15, -0.1) is 0 Å². The van der Waals surface area contributed by atoms with Crippen molar-refractivity contribution in [2.45, 2.75) is 13.3 Å². The van der Waals surface area contributed by atoms with Gasteiger partial charge in [0.05, 0.1) is 0 Å². The second-order valence-corrected chi connectivity index (χ2v) is 35.2. The summed E-state index contributed by atoms with van der Waals surface area (Å²) >= 11 is 7.37. The predicted molar refractivity (Wildman–Crippen MR) is 85.0 cm³/mol. The van der Waals surface area contributed by atoms with E-state index in [2.05, 4.69) is 96.6 Å². The fourth-order valence-electron chi connectivity index (χ4n) is 0.714. The molecule has 12 heavy (non-hydrogen) atoms. The monoisotopic (exact) mass is 516 g/mol. The van der Waals surface area contributed by atoms with Gasteiger partial charge < -0.3 is 0 Å². The summed E-state index contributed by atoms with van der Waals surface area (Å²) in [5.41, 5.74) is 1.41. The van der Waals surface area contributed by atoms with E-state index in [0.29, 0.717) is 0 Å². The second-order valence-electron chi connectivity index (χ2n) is 2.09. The Morgan fingerprint density at radius 2 is 1.50 bits per heavy atom. The first kappa shape index (κ1) is 13.6. The SMILES string of the molecule is CCc1ccccc1.I[SiH](I)I. The van der Waals surface area contributed by atoms with Crippen molar-refractivity contribution in [1.29, 1.82) is 0 Å². The topological polar surface area (TPSA) is 0 Å². The first-order chi connectivity index (χ1) is 5.66. The third-order valence-electron chi connectivity index (χ3n) is 1.25. The Hall–Kier alpha value is 1.63. The molecular formula is C8H11I3Si. The highest BCUT2D eigenvalue weighted by atomic mass is 127. The molecule has 1 rings (SSSR count). The molecule has 0 spiro atoms. The lowest BCUT2D eigenvalue weighted by molar-refractivity contribution is 1.14. The summed E-state index contributed by atoms with van der Waals surface area (Å²) in [6.07, 6.45) is 1.14. The average molecular weight is 516 g/mol. The van der Waals surface area contributed by atoms with Crippen LogP contribution in [0.1, 0.15) is 12.5 Å². The molecule has 68 valence electrons. The Kier molecular flexibility index (Phi) is 10.4. The Balaban J connectivity index is 0.000000261. The number of aryl methyl sites for hydroxylation is 1. The summed E-state index contributed by atoms with van der Waals surface area (Å²) in [6, 6.07) is 10.5. The van der Waals surface area contributed by atoms with Crippen molar-refractivity contribution in [3.05, 3.63) is 35.9 Å². The van der Waals surface area contributed by atoms with Crippen LogP contribution in [0.3, 0.4) is 0 Å². The molecule has 0 radical (unpaired) electrons. The Bertz CT molecular complexity index is 186. The molecule has 0 aromatic heterocycles. The van der Waals surface area contributed by atoms with Crippen LogP contribution in [0.2, 0.25) is 0 Å². The lowest BCUT2D eigenvalue weighted by atomic mass is 10.2. The largest absolute Gasteiger partial charge is 0.239 e. The van der Waals surface area contributed by atoms with E-state index in [1.165, 1.54) is 5.56 Å². The number of benzene rings is 1. The van der Waals surface area contributed by atoms with Gasteiger partial charge in [0.1, 0.15) is 0 Å². The zero-order valence-electron chi connectivity index (χ0n) is 6.81. The maximum Gasteiger partial charge on any atom is 0.239 e. The van der Waals surface area contributed by atoms with Crippen molar-refractivity contribution >= 4 is 66.7 Å². The first-order valence-electron chi connectivity index (χ1n) is 3.63. The van der Waals surface area contributed by atoms with Gasteiger partial charge in [-0.1, -0.05) is 103 Å². The van der Waals surface area contributed by atoms with Gasteiger partial charge in [0.2, 0.25) is 1.29 Å². The Labute approximate surface area is 114 Å². The van der Waals surface area contributed by atoms with E-state index >= 15 is 0 Å². The molecule has 1 aromatic rings. The predicted octanol–water partition coefficient (Wildman–Crippen LogP) is 4.26. The summed E-state index contributed by atoms with van der Waals surface area (Å²) in [7, 11) is 0. The summed E-state index contributed by atoms with van der Waals surface area (Å²) in [6.45, 7) is 2.16. The summed E-state index contributed by atoms with van der Waals surface area (Å²) in [4.78, 5) is 0. The average Bonchev–Trinajstić information content (AvgIpc) is 2.05. The standard InChI is InChI=1S/C8H10.HI3Si/c1-2-8-6-4-3-5-7-8;1-4(2)3/h3-7H,2H2,1H3;4H. The van der Waals surface area contributed by atoms with Crippen LogP contribution in [-0.2, 0) is 6.42 Å². The van der Waals surface area contributed by atoms with Crippen LogP contribution < -0.4 is 0 Å². The van der Waals surface area contributed by atoms with Crippen LogP contribution in [-0.4, -0.2) is 1.29 Å². The Morgan fingerprint density at radius 3 is 1.75 bits per heavy atom. The van der Waals surface area contributed by atoms with Gasteiger partial charge >= 0.3 is 0 Å². The fourth-order valence-corrected chi connectivity index (χ4v) is 0.714. The smallest absolute Gasteiger partial charge is 0.0953 e. The van der Waals surface area contributed by atoms with Crippen LogP contribution in [0.25, 0.3) is 0 Å². The van der Waals surface area contributed by atoms with Crippen molar-refractivity contribution in [2.75, 3.05) is 0 Å². The van der Waals surface area contributed by atoms with E-state index in [0.717, 1.165) is 6.42 Å². The zero-order chi connectivity index (χ0) is 9.40.